The van der Waals surface area contributed by atoms with Crippen molar-refractivity contribution in [1.29, 1.82) is 0 Å². The summed E-state index contributed by atoms with van der Waals surface area (Å²) in [7, 11) is 1.92. The second-order valence-corrected chi connectivity index (χ2v) is 7.71. The molecule has 5 heteroatoms. The van der Waals surface area contributed by atoms with Crippen molar-refractivity contribution < 1.29 is 15.0 Å². The number of hydrogen-bond acceptors (Lipinski definition) is 4. The van der Waals surface area contributed by atoms with Gasteiger partial charge in [-0.3, -0.25) is 4.90 Å². The predicted octanol–water partition coefficient (Wildman–Crippen LogP) is 1.32. The van der Waals surface area contributed by atoms with Crippen LogP contribution in [0.15, 0.2) is 11.1 Å². The van der Waals surface area contributed by atoms with Gasteiger partial charge < -0.3 is 15.9 Å². The van der Waals surface area contributed by atoms with Crippen molar-refractivity contribution in [2.24, 2.45) is 16.6 Å². The van der Waals surface area contributed by atoms with Gasteiger partial charge in [-0.05, 0) is 49.6 Å². The highest BCUT2D eigenvalue weighted by Crippen LogP contribution is 2.67. The van der Waals surface area contributed by atoms with Crippen LogP contribution >= 0.6 is 0 Å². The Morgan fingerprint density at radius 3 is 2.57 bits per heavy atom. The Morgan fingerprint density at radius 1 is 1.38 bits per heavy atom. The van der Waals surface area contributed by atoms with Crippen LogP contribution in [0.2, 0.25) is 0 Å². The molecule has 3 rings (SSSR count). The second-order valence-electron chi connectivity index (χ2n) is 7.71. The molecule has 3 fully saturated rings. The van der Waals surface area contributed by atoms with Gasteiger partial charge in [0.15, 0.2) is 0 Å². The first-order valence-corrected chi connectivity index (χ1v) is 7.72. The summed E-state index contributed by atoms with van der Waals surface area (Å²) in [5.74, 6) is -0.941. The van der Waals surface area contributed by atoms with E-state index < -0.39 is 11.7 Å². The number of hydrogen-bond donors (Lipinski definition) is 3. The molecule has 1 saturated carbocycles. The Balaban J connectivity index is 2.17. The maximum atomic E-state index is 11.4. The van der Waals surface area contributed by atoms with Gasteiger partial charge >= 0.3 is 5.97 Å². The highest BCUT2D eigenvalue weighted by Gasteiger charge is 2.69. The number of fused-ring (bicyclic) bond motifs is 4. The monoisotopic (exact) mass is 294 g/mol. The van der Waals surface area contributed by atoms with Gasteiger partial charge in [-0.15, -0.1) is 0 Å². The fraction of sp³-hybridized carbons (Fsp3) is 0.812. The molecule has 0 spiro atoms. The minimum Gasteiger partial charge on any atom is -0.478 e. The van der Waals surface area contributed by atoms with Crippen LogP contribution in [-0.4, -0.2) is 45.9 Å². The van der Waals surface area contributed by atoms with Crippen LogP contribution in [0.25, 0.3) is 0 Å². The topological polar surface area (TPSA) is 86.8 Å². The van der Waals surface area contributed by atoms with Crippen LogP contribution in [0.4, 0.5) is 0 Å². The van der Waals surface area contributed by atoms with Gasteiger partial charge in [0.1, 0.15) is 5.72 Å². The molecule has 0 amide bonds. The van der Waals surface area contributed by atoms with Gasteiger partial charge in [-0.1, -0.05) is 13.8 Å². The summed E-state index contributed by atoms with van der Waals surface area (Å²) in [6.07, 6.45) is 3.16. The van der Waals surface area contributed by atoms with Crippen molar-refractivity contribution in [1.82, 2.24) is 4.90 Å². The van der Waals surface area contributed by atoms with Gasteiger partial charge in [0.05, 0.1) is 0 Å². The predicted molar refractivity (Wildman–Crippen MR) is 79.5 cm³/mol. The zero-order valence-corrected chi connectivity index (χ0v) is 13.3. The first kappa shape index (κ1) is 15.0. The molecule has 0 aromatic heterocycles. The number of likely N-dealkylation sites (N-methyl/N-ethyl adjacent to an activating group) is 1. The fourth-order valence-electron chi connectivity index (χ4n) is 5.31. The number of rotatable bonds is 1. The third-order valence-electron chi connectivity index (χ3n) is 7.15. The Kier molecular flexibility index (Phi) is 2.92. The maximum Gasteiger partial charge on any atom is 0.331 e. The average Bonchev–Trinajstić information content (AvgIpc) is 2.75. The lowest BCUT2D eigenvalue weighted by Crippen LogP contribution is -2.64. The lowest BCUT2D eigenvalue weighted by atomic mass is 9.58. The summed E-state index contributed by atoms with van der Waals surface area (Å²) < 4.78 is 0. The van der Waals surface area contributed by atoms with Crippen molar-refractivity contribution in [3.63, 3.8) is 0 Å². The Bertz CT molecular complexity index is 544. The lowest BCUT2D eigenvalue weighted by molar-refractivity contribution is -0.174. The molecule has 5 nitrogen and oxygen atoms in total. The van der Waals surface area contributed by atoms with Gasteiger partial charge in [-0.25, -0.2) is 4.79 Å². The molecule has 0 aromatic rings. The number of carbonyl (C=O) groups is 1. The van der Waals surface area contributed by atoms with E-state index in [9.17, 15) is 15.0 Å². The zero-order valence-electron chi connectivity index (χ0n) is 13.3. The number of carboxylic acids is 1. The summed E-state index contributed by atoms with van der Waals surface area (Å²) in [5, 5.41) is 20.6. The molecule has 0 aromatic carbocycles. The zero-order chi connectivity index (χ0) is 15.8. The minimum absolute atomic E-state index is 0.0218. The summed E-state index contributed by atoms with van der Waals surface area (Å²) in [4.78, 5) is 13.4. The van der Waals surface area contributed by atoms with Crippen molar-refractivity contribution in [3.8, 4) is 0 Å². The molecule has 1 aliphatic carbocycles. The number of carboxylic acid groups (broad SMARTS) is 1. The van der Waals surface area contributed by atoms with E-state index in [2.05, 4.69) is 13.8 Å². The quantitative estimate of drug-likeness (QED) is 0.635. The van der Waals surface area contributed by atoms with E-state index in [1.807, 2.05) is 11.9 Å². The highest BCUT2D eigenvalue weighted by atomic mass is 16.4. The van der Waals surface area contributed by atoms with E-state index in [0.717, 1.165) is 12.8 Å². The molecule has 2 saturated heterocycles. The number of aliphatic hydroxyl groups is 1. The van der Waals surface area contributed by atoms with Crippen molar-refractivity contribution in [3.05, 3.63) is 11.1 Å². The number of nitrogens with zero attached hydrogens (tertiary/aromatic N) is 1. The molecule has 5 atom stereocenters. The minimum atomic E-state index is -1.16. The van der Waals surface area contributed by atoms with E-state index in [-0.39, 0.29) is 28.5 Å². The van der Waals surface area contributed by atoms with Crippen molar-refractivity contribution in [2.45, 2.75) is 64.3 Å². The van der Waals surface area contributed by atoms with Crippen LogP contribution < -0.4 is 5.73 Å². The third-order valence-corrected chi connectivity index (χ3v) is 7.15. The number of nitrogens with two attached hydrogens (primary N) is 1. The molecule has 21 heavy (non-hydrogen) atoms. The Labute approximate surface area is 125 Å². The Morgan fingerprint density at radius 2 is 2.00 bits per heavy atom. The third kappa shape index (κ3) is 1.54. The molecule has 0 radical (unpaired) electrons. The van der Waals surface area contributed by atoms with E-state index in [1.54, 1.807) is 6.92 Å². The standard InChI is InChI=1S/C16H26N2O3/c1-9(13(19)20)10-7-12-14(2)6-5-11(17)15(14,3)8-16(10,21)18(12)4/h11-12,21H,5-8,17H2,1-4H3,(H,19,20)/b10-9-/t11-,12+,14-,15-,16-/m1/s1. The molecule has 2 bridgehead atoms. The molecule has 118 valence electrons. The van der Waals surface area contributed by atoms with Crippen LogP contribution in [0.5, 0.6) is 0 Å². The number of piperidine rings is 1. The first-order chi connectivity index (χ1) is 9.58. The lowest BCUT2D eigenvalue weighted by Gasteiger charge is -2.57. The molecule has 3 aliphatic rings. The van der Waals surface area contributed by atoms with Crippen LogP contribution in [0.1, 0.15) is 46.5 Å². The fourth-order valence-corrected chi connectivity index (χ4v) is 5.31. The van der Waals surface area contributed by atoms with Gasteiger partial charge in [-0.2, -0.15) is 0 Å². The summed E-state index contributed by atoms with van der Waals surface area (Å²) >= 11 is 0. The molecule has 2 heterocycles. The second kappa shape index (κ2) is 4.09. The maximum absolute atomic E-state index is 11.4. The van der Waals surface area contributed by atoms with Crippen molar-refractivity contribution in [2.75, 3.05) is 7.05 Å². The van der Waals surface area contributed by atoms with Gasteiger partial charge in [0.2, 0.25) is 0 Å². The van der Waals surface area contributed by atoms with E-state index in [1.165, 1.54) is 0 Å². The summed E-state index contributed by atoms with van der Waals surface area (Å²) in [6.45, 7) is 6.04. The highest BCUT2D eigenvalue weighted by molar-refractivity contribution is 5.87. The molecular weight excluding hydrogens is 268 g/mol. The molecular formula is C16H26N2O3. The van der Waals surface area contributed by atoms with Crippen molar-refractivity contribution >= 4 is 5.97 Å². The SMILES string of the molecule is C/C(C(=O)O)=C1\C[C@@H]2N(C)[C@@]1(O)C[C@]1(C)[C@H](N)CC[C@]21C. The molecule has 4 N–H and O–H groups in total. The van der Waals surface area contributed by atoms with Crippen LogP contribution in [0.3, 0.4) is 0 Å². The molecule has 2 aliphatic heterocycles. The smallest absolute Gasteiger partial charge is 0.331 e. The largest absolute Gasteiger partial charge is 0.478 e. The van der Waals surface area contributed by atoms with Crippen LogP contribution in [-0.2, 0) is 4.79 Å². The average molecular weight is 294 g/mol. The molecule has 0 unspecified atom stereocenters. The van der Waals surface area contributed by atoms with Gasteiger partial charge in [0, 0.05) is 24.1 Å². The van der Waals surface area contributed by atoms with Gasteiger partial charge in [0.25, 0.3) is 0 Å². The normalized spacial score (nSPS) is 51.9. The summed E-state index contributed by atoms with van der Waals surface area (Å²) in [6, 6.07) is 0.216. The Hall–Kier alpha value is -0.910. The van der Waals surface area contributed by atoms with E-state index in [4.69, 9.17) is 5.73 Å². The van der Waals surface area contributed by atoms with Crippen LogP contribution in [0, 0.1) is 10.8 Å². The summed E-state index contributed by atoms with van der Waals surface area (Å²) in [5.41, 5.74) is 6.05. The van der Waals surface area contributed by atoms with E-state index >= 15 is 0 Å². The first-order valence-electron chi connectivity index (χ1n) is 7.72. The van der Waals surface area contributed by atoms with E-state index in [0.29, 0.717) is 18.4 Å². The number of aliphatic carboxylic acids is 1.